The smallest absolute Gasteiger partial charge is 0.279 e. The summed E-state index contributed by atoms with van der Waals surface area (Å²) in [7, 11) is -0.451. The molecule has 0 spiro atoms. The fourth-order valence-corrected chi connectivity index (χ4v) is 8.79. The van der Waals surface area contributed by atoms with E-state index in [9.17, 15) is 13.2 Å². The van der Waals surface area contributed by atoms with E-state index in [1.165, 1.54) is 4.57 Å². The van der Waals surface area contributed by atoms with Crippen LogP contribution in [0.25, 0.3) is 22.4 Å². The first kappa shape index (κ1) is 34.1. The zero-order valence-corrected chi connectivity index (χ0v) is 29.6. The van der Waals surface area contributed by atoms with Crippen molar-refractivity contribution in [2.75, 3.05) is 19.6 Å². The number of hydrogen-bond donors (Lipinski definition) is 0. The molecule has 504 valence electrons. The van der Waals surface area contributed by atoms with Gasteiger partial charge in [0, 0.05) is 230 Å². The number of piperazine rings is 1. The van der Waals surface area contributed by atoms with Crippen molar-refractivity contribution >= 4 is 21.1 Å². The molecule has 0 N–H and O–H groups in total. The normalized spacial score (nSPS) is 19.0. The van der Waals surface area contributed by atoms with E-state index in [1.54, 1.807) is 42.1 Å². The lowest BCUT2D eigenvalue weighted by atomic mass is 9.84. The number of fused-ring (bicyclic) bond motifs is 1. The standard InChI is InChI=1S/C33H52N6O4S.130H2/c1-13-16-32(7,8)29-27-28(37(12)35-29)31(40)36(11)30(34-27)24-18-26(21(4)17-25(24)43-23(6)14-2)44(41,42)38-19-22(5)39(15-3)33(9,10)20-38;;;;;;;;;;;;;;;;;;;;;;;;;;;;;;;;;;;;;;;;;;;;;;;;;;;;;;;;;;;;;;;;;;;;;;;;;;;;;;;;;;;;;;;;;;;;;;;;;;;;;;;;;;;;;;;;;;;;;;;;;;;;;;;;;;/h17-18,22-23H,13-16,19-20H2,1-12H3;130*1H. The number of benzene rings is 1. The summed E-state index contributed by atoms with van der Waals surface area (Å²) in [6.45, 7) is 22.2. The van der Waals surface area contributed by atoms with Crippen LogP contribution >= 0.6 is 0 Å². The van der Waals surface area contributed by atoms with Crippen molar-refractivity contribution < 1.29 is 199 Å². The largest absolute Gasteiger partial charge is 0.490 e. The number of rotatable bonds is 10. The highest BCUT2D eigenvalue weighted by Gasteiger charge is 2.42. The van der Waals surface area contributed by atoms with Gasteiger partial charge in [-0.1, -0.05) is 41.0 Å². The van der Waals surface area contributed by atoms with Crippen LogP contribution in [0.2, 0.25) is 0 Å². The van der Waals surface area contributed by atoms with E-state index in [0.29, 0.717) is 46.8 Å². The van der Waals surface area contributed by atoms with Crippen LogP contribution in [0.5, 0.6) is 5.75 Å². The highest BCUT2D eigenvalue weighted by atomic mass is 32.2. The second-order valence-electron chi connectivity index (χ2n) is 13.8. The Labute approximate surface area is 456 Å². The summed E-state index contributed by atoms with van der Waals surface area (Å²) in [6.07, 6.45) is 2.46. The fourth-order valence-electron chi connectivity index (χ4n) is 6.89. The Balaban J connectivity index is -0.00000000136. The Kier molecular flexibility index (Phi) is 9.47. The summed E-state index contributed by atoms with van der Waals surface area (Å²) in [6, 6.07) is 3.51. The molecular formula is C33H312N6O4S. The van der Waals surface area contributed by atoms with Crippen molar-refractivity contribution in [2.45, 2.75) is 116 Å². The van der Waals surface area contributed by atoms with Gasteiger partial charge in [0.2, 0.25) is 10.0 Å². The van der Waals surface area contributed by atoms with Gasteiger partial charge < -0.3 is 4.74 Å². The maximum absolute atomic E-state index is 14.4. The molecule has 0 radical (unpaired) electrons. The SMILES string of the molecule is CCCC(C)(C)c1nn(C)c2c(=O)n(C)c(-c3cc(S(=O)(=O)N4CC(C)N(CC)C(C)(C)C4)c(C)cc3OC(C)CC)nc12.[HH].[HH].[HH].[HH].[HH].[HH].[HH].[HH].[HH].[HH].[HH].[HH].[HH].[HH].[HH].[HH].[HH].[HH].[HH].[HH].[HH].[HH].[HH].[HH].[HH].[HH].[HH].[HH].[HH].[HH].[HH].[HH].[HH].[HH].[HH].[HH].[HH].[HH].[HH].[HH].[HH].[HH].[HH].[HH].[HH].[HH].[HH].[HH].[HH].[HH].[HH].[HH].[HH].[HH].[HH].[HH].[HH].[HH].[HH].[HH].[HH].[HH].[HH].[HH].[HH].[HH].[HH].[HH].[HH].[HH].[HH].[HH].[HH].[HH].[HH].[HH].[HH].[HH].[HH].[HH].[HH].[HH].[HH].[HH].[HH].[HH].[HH].[HH].[HH].[HH].[HH].[HH].[HH].[HH].[HH].[HH].[HH].[HH].[HH].[HH].[HH].[HH].[HH].[HH].[HH].[HH].[HH].[HH].[HH].[HH].[HH].[HH].[HH].[HH].[HH].[HH].[HH].[HH].[HH].[HH].[HH].[HH].[HH].[HH].[HH].[HH].[HH].[HH].[HH].[HH]. The Morgan fingerprint density at radius 2 is 1.84 bits per heavy atom. The lowest BCUT2D eigenvalue weighted by molar-refractivity contribution is 0.0165. The molecule has 3 heterocycles. The molecule has 3 aromatic rings. The summed E-state index contributed by atoms with van der Waals surface area (Å²) in [5.74, 6) is 0.851. The van der Waals surface area contributed by atoms with Crippen molar-refractivity contribution in [1.82, 2.24) is 28.5 Å². The van der Waals surface area contributed by atoms with Crippen LogP contribution in [0, 0.1) is 6.92 Å². The number of aromatic nitrogens is 4. The zero-order chi connectivity index (χ0) is 32.9. The van der Waals surface area contributed by atoms with Crippen molar-refractivity contribution in [3.63, 3.8) is 0 Å². The second kappa shape index (κ2) is 12.2. The first-order valence-corrected chi connectivity index (χ1v) is 17.4. The molecule has 2 unspecified atom stereocenters. The Bertz CT molecular complexity index is 1850. The Morgan fingerprint density at radius 3 is 2.41 bits per heavy atom. The molecule has 1 aliphatic heterocycles. The molecule has 1 fully saturated rings. The molecular weight excluding hydrogens is 576 g/mol. The molecule has 11 heteroatoms. The third-order valence-corrected chi connectivity index (χ3v) is 11.3. The molecule has 10 nitrogen and oxygen atoms in total. The molecule has 1 aliphatic rings. The molecule has 0 bridgehead atoms. The highest BCUT2D eigenvalue weighted by Crippen LogP contribution is 2.38. The van der Waals surface area contributed by atoms with Crippen molar-refractivity contribution in [2.24, 2.45) is 14.1 Å². The molecule has 1 aromatic carbocycles. The maximum Gasteiger partial charge on any atom is 0.279 e. The number of hydrogen-bond acceptors (Lipinski definition) is 7. The van der Waals surface area contributed by atoms with Gasteiger partial charge in [0.25, 0.3) is 5.56 Å². The maximum atomic E-state index is 14.4. The van der Waals surface area contributed by atoms with Crippen molar-refractivity contribution in [3.05, 3.63) is 33.7 Å². The van der Waals surface area contributed by atoms with Gasteiger partial charge in [-0.05, 0) is 71.7 Å². The monoisotopic (exact) mass is 890 g/mol. The number of ether oxygens (including phenoxy) is 1. The van der Waals surface area contributed by atoms with Gasteiger partial charge in [0.1, 0.15) is 17.1 Å². The first-order chi connectivity index (χ1) is 20.4. The number of sulfonamides is 1. The topological polar surface area (TPSA) is 103 Å². The van der Waals surface area contributed by atoms with E-state index in [1.807, 2.05) is 13.8 Å². The van der Waals surface area contributed by atoms with Gasteiger partial charge in [-0.25, -0.2) is 13.4 Å². The van der Waals surface area contributed by atoms with Gasteiger partial charge in [-0.3, -0.25) is 18.9 Å². The molecule has 0 amide bonds. The Morgan fingerprint density at radius 1 is 1.18 bits per heavy atom. The summed E-state index contributed by atoms with van der Waals surface area (Å²) >= 11 is 0. The van der Waals surface area contributed by atoms with Crippen LogP contribution in [-0.2, 0) is 29.5 Å². The molecule has 0 aliphatic carbocycles. The molecule has 2 atom stereocenters. The molecule has 44 heavy (non-hydrogen) atoms. The highest BCUT2D eigenvalue weighted by molar-refractivity contribution is 7.89. The van der Waals surface area contributed by atoms with E-state index < -0.39 is 10.0 Å². The molecule has 0 saturated carbocycles. The van der Waals surface area contributed by atoms with Gasteiger partial charge in [0.15, 0.2) is 5.52 Å². The van der Waals surface area contributed by atoms with E-state index in [0.717, 1.165) is 31.5 Å². The molecule has 1 saturated heterocycles. The lowest BCUT2D eigenvalue weighted by Gasteiger charge is -2.50. The minimum absolute atomic E-state index is 0. The van der Waals surface area contributed by atoms with Crippen molar-refractivity contribution in [3.8, 4) is 17.1 Å². The van der Waals surface area contributed by atoms with Crippen LogP contribution < -0.4 is 10.3 Å². The van der Waals surface area contributed by atoms with Crippen LogP contribution in [0.15, 0.2) is 21.8 Å². The lowest BCUT2D eigenvalue weighted by Crippen LogP contribution is -2.63. The average molecular weight is 891 g/mol. The molecule has 4 rings (SSSR count). The summed E-state index contributed by atoms with van der Waals surface area (Å²) in [5, 5.41) is 4.77. The third-order valence-electron chi connectivity index (χ3n) is 9.30. The third kappa shape index (κ3) is 5.95. The van der Waals surface area contributed by atoms with E-state index >= 15 is 0 Å². The van der Waals surface area contributed by atoms with Gasteiger partial charge >= 0.3 is 0 Å². The predicted molar refractivity (Wildman–Crippen MR) is 452 cm³/mol. The minimum Gasteiger partial charge on any atom is -0.490 e. The average Bonchev–Trinajstić information content (AvgIpc) is 3.27. The van der Waals surface area contributed by atoms with E-state index in [-0.39, 0.29) is 219 Å². The van der Waals surface area contributed by atoms with Crippen LogP contribution in [0.4, 0.5) is 0 Å². The van der Waals surface area contributed by atoms with Gasteiger partial charge in [0.05, 0.1) is 22.3 Å². The molecule has 2 aromatic heterocycles. The number of nitrogens with zero attached hydrogens (tertiary/aromatic N) is 6. The van der Waals surface area contributed by atoms with Crippen LogP contribution in [-0.4, -0.2) is 74.3 Å². The predicted octanol–water partition coefficient (Wildman–Crippen LogP) is 37.4. The quantitative estimate of drug-likeness (QED) is 0.200. The first-order valence-electron chi connectivity index (χ1n) is 15.9. The fraction of sp³-hybridized carbons (Fsp3) is 0.667. The number of likely N-dealkylation sites (N-methyl/N-ethyl adjacent to an activating group) is 1. The van der Waals surface area contributed by atoms with Crippen LogP contribution in [0.1, 0.15) is 278 Å². The Hall–Kier alpha value is -2.76. The van der Waals surface area contributed by atoms with Gasteiger partial charge in [-0.2, -0.15) is 9.40 Å². The van der Waals surface area contributed by atoms with Gasteiger partial charge in [-0.15, -0.1) is 0 Å². The summed E-state index contributed by atoms with van der Waals surface area (Å²) < 4.78 is 39.9. The second-order valence-corrected chi connectivity index (χ2v) is 15.7. The van der Waals surface area contributed by atoms with Crippen LogP contribution in [0.3, 0.4) is 0 Å². The van der Waals surface area contributed by atoms with E-state index in [2.05, 4.69) is 53.4 Å². The summed E-state index contributed by atoms with van der Waals surface area (Å²) in [4.78, 5) is 21.5. The van der Waals surface area contributed by atoms with E-state index in [4.69, 9.17) is 14.8 Å². The van der Waals surface area contributed by atoms with Crippen molar-refractivity contribution in [1.29, 1.82) is 0 Å². The number of aryl methyl sites for hydroxylation is 2. The zero-order valence-electron chi connectivity index (χ0n) is 28.8. The summed E-state index contributed by atoms with van der Waals surface area (Å²) in [5.41, 5.74) is 1.89. The minimum atomic E-state index is -3.89.